The van der Waals surface area contributed by atoms with E-state index in [9.17, 15) is 19.8 Å². The molecule has 4 heterocycles. The third kappa shape index (κ3) is 6.82. The fourth-order valence-corrected chi connectivity index (χ4v) is 5.20. The summed E-state index contributed by atoms with van der Waals surface area (Å²) in [6.07, 6.45) is 6.29. The van der Waals surface area contributed by atoms with Gasteiger partial charge in [0.2, 0.25) is 0 Å². The van der Waals surface area contributed by atoms with Crippen LogP contribution in [0.15, 0.2) is 42.9 Å². The molecule has 2 aliphatic rings. The smallest absolute Gasteiger partial charge is 0.312 e. The van der Waals surface area contributed by atoms with Gasteiger partial charge in [0.25, 0.3) is 5.91 Å². The molecule has 10 nitrogen and oxygen atoms in total. The predicted molar refractivity (Wildman–Crippen MR) is 137 cm³/mol. The number of nitrogens with zero attached hydrogens (tertiary/aromatic N) is 4. The zero-order chi connectivity index (χ0) is 26.3. The van der Waals surface area contributed by atoms with Gasteiger partial charge in [0.1, 0.15) is 18.5 Å². The topological polar surface area (TPSA) is 142 Å². The molecule has 200 valence electrons. The number of carbonyl (C=O) groups is 2. The van der Waals surface area contributed by atoms with E-state index < -0.39 is 17.6 Å². The first-order chi connectivity index (χ1) is 17.9. The number of likely N-dealkylation sites (tertiary alicyclic amines) is 1. The number of carbonyl (C=O) groups excluding carboxylic acids is 2. The predicted octanol–water partition coefficient (Wildman–Crippen LogP) is 1.62. The van der Waals surface area contributed by atoms with Crippen molar-refractivity contribution >= 4 is 17.7 Å². The Kier molecular flexibility index (Phi) is 9.07. The molecule has 1 amide bonds. The Balaban J connectivity index is 1.44. The molecule has 0 aromatic carbocycles. The van der Waals surface area contributed by atoms with E-state index in [1.165, 1.54) is 11.8 Å². The van der Waals surface area contributed by atoms with Crippen LogP contribution in [0.2, 0.25) is 0 Å². The highest BCUT2D eigenvalue weighted by molar-refractivity contribution is 5.98. The second-order valence-corrected chi connectivity index (χ2v) is 10.1. The van der Waals surface area contributed by atoms with Crippen molar-refractivity contribution in [3.8, 4) is 0 Å². The van der Waals surface area contributed by atoms with Crippen LogP contribution in [0, 0.1) is 5.41 Å². The van der Waals surface area contributed by atoms with Crippen molar-refractivity contribution in [1.29, 1.82) is 0 Å². The molecule has 37 heavy (non-hydrogen) atoms. The van der Waals surface area contributed by atoms with E-state index in [0.717, 1.165) is 26.1 Å². The molecule has 0 radical (unpaired) electrons. The molecule has 2 aromatic heterocycles. The first-order valence-corrected chi connectivity index (χ1v) is 13.0. The molecule has 2 saturated heterocycles. The Morgan fingerprint density at radius 1 is 1.03 bits per heavy atom. The van der Waals surface area contributed by atoms with E-state index in [1.54, 1.807) is 29.4 Å². The van der Waals surface area contributed by atoms with Gasteiger partial charge in [0, 0.05) is 38.2 Å². The van der Waals surface area contributed by atoms with Gasteiger partial charge in [-0.3, -0.25) is 19.5 Å². The van der Waals surface area contributed by atoms with Crippen LogP contribution in [-0.4, -0.2) is 86.9 Å². The number of aromatic nitrogens is 2. The number of hydrogen-bond donors (Lipinski definition) is 3. The molecule has 0 unspecified atom stereocenters. The minimum absolute atomic E-state index is 0.153. The normalized spacial score (nSPS) is 23.9. The number of nitrogen functional groups attached to an aromatic ring is 1. The Morgan fingerprint density at radius 3 is 2.51 bits per heavy atom. The van der Waals surface area contributed by atoms with Crippen LogP contribution in [0.1, 0.15) is 54.4 Å². The molecule has 0 aliphatic carbocycles. The number of amides is 1. The largest absolute Gasteiger partial charge is 0.462 e. The van der Waals surface area contributed by atoms with Crippen LogP contribution in [0.5, 0.6) is 0 Å². The van der Waals surface area contributed by atoms with Crippen molar-refractivity contribution in [2.75, 3.05) is 38.5 Å². The second kappa shape index (κ2) is 12.4. The zero-order valence-electron chi connectivity index (χ0n) is 21.2. The molecule has 2 atom stereocenters. The van der Waals surface area contributed by atoms with E-state index in [1.807, 2.05) is 12.1 Å². The Bertz CT molecular complexity index is 1040. The highest BCUT2D eigenvalue weighted by Gasteiger charge is 2.42. The average molecular weight is 512 g/mol. The van der Waals surface area contributed by atoms with Crippen LogP contribution in [0.25, 0.3) is 0 Å². The lowest BCUT2D eigenvalue weighted by Crippen LogP contribution is -2.45. The third-order valence-electron chi connectivity index (χ3n) is 7.62. The molecular formula is C27H37N5O5. The number of pyridine rings is 2. The van der Waals surface area contributed by atoms with Crippen LogP contribution in [-0.2, 0) is 16.1 Å². The Morgan fingerprint density at radius 2 is 1.78 bits per heavy atom. The number of aliphatic hydroxyl groups is 2. The maximum Gasteiger partial charge on any atom is 0.312 e. The molecule has 0 saturated carbocycles. The summed E-state index contributed by atoms with van der Waals surface area (Å²) in [5, 5.41) is 20.9. The standard InChI is InChI=1S/C27H37N5O5/c28-24-21(4-3-11-30-24)25(35)32-14-2-1-8-27(26(36)37-19-23(34)22(33)7-15-32)9-16-31(17-10-27)18-20-5-12-29-13-6-20/h3-6,11-13,22-23,33-34H,1-2,7-10,14-19H2,(H2,28,30)/t22-,23+/m0/s1. The lowest BCUT2D eigenvalue weighted by atomic mass is 9.74. The number of aliphatic hydroxyl groups excluding tert-OH is 2. The minimum Gasteiger partial charge on any atom is -0.462 e. The summed E-state index contributed by atoms with van der Waals surface area (Å²) in [6, 6.07) is 7.29. The van der Waals surface area contributed by atoms with E-state index in [0.29, 0.717) is 37.8 Å². The molecule has 2 aliphatic heterocycles. The maximum absolute atomic E-state index is 13.3. The number of nitrogens with two attached hydrogens (primary N) is 1. The summed E-state index contributed by atoms with van der Waals surface area (Å²) in [6.45, 7) is 2.74. The number of cyclic esters (lactones) is 1. The first-order valence-electron chi connectivity index (χ1n) is 13.0. The molecule has 2 fully saturated rings. The molecule has 1 spiro atoms. The summed E-state index contributed by atoms with van der Waals surface area (Å²) in [4.78, 5) is 38.5. The van der Waals surface area contributed by atoms with E-state index in [-0.39, 0.29) is 37.3 Å². The molecule has 4 N–H and O–H groups in total. The summed E-state index contributed by atoms with van der Waals surface area (Å²) in [5.41, 5.74) is 6.78. The zero-order valence-corrected chi connectivity index (χ0v) is 21.2. The van der Waals surface area contributed by atoms with Crippen molar-refractivity contribution in [3.05, 3.63) is 54.0 Å². The lowest BCUT2D eigenvalue weighted by Gasteiger charge is -2.40. The van der Waals surface area contributed by atoms with Crippen LogP contribution in [0.3, 0.4) is 0 Å². The maximum atomic E-state index is 13.3. The van der Waals surface area contributed by atoms with Crippen molar-refractivity contribution in [2.24, 2.45) is 5.41 Å². The van der Waals surface area contributed by atoms with E-state index in [2.05, 4.69) is 14.9 Å². The Labute approximate surface area is 217 Å². The highest BCUT2D eigenvalue weighted by Crippen LogP contribution is 2.38. The van der Waals surface area contributed by atoms with Gasteiger partial charge in [0.05, 0.1) is 17.1 Å². The van der Waals surface area contributed by atoms with E-state index in [4.69, 9.17) is 10.5 Å². The second-order valence-electron chi connectivity index (χ2n) is 10.1. The monoisotopic (exact) mass is 511 g/mol. The lowest BCUT2D eigenvalue weighted by molar-refractivity contribution is -0.165. The van der Waals surface area contributed by atoms with Gasteiger partial charge in [-0.1, -0.05) is 6.42 Å². The number of rotatable bonds is 3. The Hall–Kier alpha value is -3.08. The fraction of sp³-hybridized carbons (Fsp3) is 0.556. The van der Waals surface area contributed by atoms with Gasteiger partial charge < -0.3 is 25.6 Å². The van der Waals surface area contributed by atoms with Crippen LogP contribution >= 0.6 is 0 Å². The summed E-state index contributed by atoms with van der Waals surface area (Å²) in [5.74, 6) is -0.404. The van der Waals surface area contributed by atoms with Gasteiger partial charge in [-0.05, 0) is 75.0 Å². The quantitative estimate of drug-likeness (QED) is 0.524. The number of piperidine rings is 1. The summed E-state index contributed by atoms with van der Waals surface area (Å²) < 4.78 is 5.56. The number of ether oxygens (including phenoxy) is 1. The van der Waals surface area contributed by atoms with E-state index >= 15 is 0 Å². The SMILES string of the molecule is Nc1ncccc1C(=O)N1CCCCC2(CCN(Cc3ccncc3)CC2)C(=O)OC[C@@H](O)[C@@H](O)CC1. The van der Waals surface area contributed by atoms with Gasteiger partial charge in [-0.15, -0.1) is 0 Å². The third-order valence-corrected chi connectivity index (χ3v) is 7.62. The first kappa shape index (κ1) is 27.0. The van der Waals surface area contributed by atoms with Crippen molar-refractivity contribution < 1.29 is 24.5 Å². The molecule has 2 aromatic rings. The molecule has 0 bridgehead atoms. The fourth-order valence-electron chi connectivity index (χ4n) is 5.20. The van der Waals surface area contributed by atoms with Crippen molar-refractivity contribution in [2.45, 2.75) is 57.3 Å². The van der Waals surface area contributed by atoms with Crippen molar-refractivity contribution in [3.63, 3.8) is 0 Å². The summed E-state index contributed by atoms with van der Waals surface area (Å²) in [7, 11) is 0. The number of esters is 1. The minimum atomic E-state index is -1.23. The highest BCUT2D eigenvalue weighted by atomic mass is 16.5. The number of anilines is 1. The van der Waals surface area contributed by atoms with Gasteiger partial charge >= 0.3 is 5.97 Å². The van der Waals surface area contributed by atoms with Crippen LogP contribution in [0.4, 0.5) is 5.82 Å². The van der Waals surface area contributed by atoms with Gasteiger partial charge in [0.15, 0.2) is 0 Å². The van der Waals surface area contributed by atoms with Crippen molar-refractivity contribution in [1.82, 2.24) is 19.8 Å². The van der Waals surface area contributed by atoms with Gasteiger partial charge in [-0.25, -0.2) is 4.98 Å². The van der Waals surface area contributed by atoms with Crippen LogP contribution < -0.4 is 5.73 Å². The molecular weight excluding hydrogens is 474 g/mol. The number of hydrogen-bond acceptors (Lipinski definition) is 9. The molecule has 10 heteroatoms. The molecule has 4 rings (SSSR count). The summed E-state index contributed by atoms with van der Waals surface area (Å²) >= 11 is 0. The van der Waals surface area contributed by atoms with Gasteiger partial charge in [-0.2, -0.15) is 0 Å². The average Bonchev–Trinajstić information content (AvgIpc) is 2.92.